The van der Waals surface area contributed by atoms with E-state index in [1.807, 2.05) is 6.07 Å². The Hall–Kier alpha value is -3.52. The first-order chi connectivity index (χ1) is 17.3. The number of fused-ring (bicyclic) bond motifs is 1. The summed E-state index contributed by atoms with van der Waals surface area (Å²) in [5.41, 5.74) is 2.51. The third-order valence-electron chi connectivity index (χ3n) is 6.53. The van der Waals surface area contributed by atoms with Crippen molar-refractivity contribution in [2.45, 2.75) is 46.2 Å². The third-order valence-corrected chi connectivity index (χ3v) is 6.53. The van der Waals surface area contributed by atoms with Crippen molar-refractivity contribution in [1.82, 2.24) is 9.88 Å². The number of pyridine rings is 1. The Kier molecular flexibility index (Phi) is 8.98. The Morgan fingerprint density at radius 1 is 0.944 bits per heavy atom. The van der Waals surface area contributed by atoms with Gasteiger partial charge in [0.2, 0.25) is 0 Å². The minimum Gasteiger partial charge on any atom is -0.493 e. The molecule has 0 aliphatic heterocycles. The van der Waals surface area contributed by atoms with Crippen LogP contribution in [0.3, 0.4) is 0 Å². The molecule has 3 aromatic rings. The van der Waals surface area contributed by atoms with Gasteiger partial charge in [-0.1, -0.05) is 19.9 Å². The Balaban J connectivity index is 2.42. The van der Waals surface area contributed by atoms with Gasteiger partial charge in [-0.2, -0.15) is 0 Å². The molecule has 0 amide bonds. The number of carboxylic acid groups (broad SMARTS) is 1. The number of hydrogen-bond acceptors (Lipinski definition) is 7. The van der Waals surface area contributed by atoms with Crippen molar-refractivity contribution in [1.29, 1.82) is 0 Å². The van der Waals surface area contributed by atoms with Crippen LogP contribution >= 0.6 is 0 Å². The van der Waals surface area contributed by atoms with E-state index in [2.05, 4.69) is 25.7 Å². The topological polar surface area (TPSA) is 90.4 Å². The van der Waals surface area contributed by atoms with Gasteiger partial charge in [-0.05, 0) is 50.1 Å². The summed E-state index contributed by atoms with van der Waals surface area (Å²) in [6, 6.07) is 9.25. The summed E-state index contributed by atoms with van der Waals surface area (Å²) in [4.78, 5) is 20.0. The minimum absolute atomic E-state index is 0.159. The lowest BCUT2D eigenvalue weighted by Crippen LogP contribution is -2.33. The van der Waals surface area contributed by atoms with Crippen LogP contribution in [0.4, 0.5) is 0 Å². The Morgan fingerprint density at radius 3 is 2.11 bits per heavy atom. The van der Waals surface area contributed by atoms with Gasteiger partial charge in [0.05, 0.1) is 45.2 Å². The van der Waals surface area contributed by atoms with E-state index in [0.717, 1.165) is 19.4 Å². The number of aromatic nitrogens is 1. The van der Waals surface area contributed by atoms with E-state index >= 15 is 0 Å². The average Bonchev–Trinajstić information content (AvgIpc) is 2.90. The highest BCUT2D eigenvalue weighted by molar-refractivity contribution is 6.08. The summed E-state index contributed by atoms with van der Waals surface area (Å²) >= 11 is 0. The lowest BCUT2D eigenvalue weighted by Gasteiger charge is -2.29. The maximum absolute atomic E-state index is 12.8. The van der Waals surface area contributed by atoms with Crippen LogP contribution in [0.15, 0.2) is 30.3 Å². The molecule has 1 unspecified atom stereocenters. The molecule has 0 saturated heterocycles. The number of ether oxygens (including phenoxy) is 4. The monoisotopic (exact) mass is 496 g/mol. The standard InChI is InChI=1S/C28H36N2O6/c1-8-12-30(17(3)9-2)16-21-27(28(31)32)26(18-10-11-22(33-4)23(13-18)34-5)19-14-24(35-6)25(36-7)15-20(19)29-21/h10-11,13-15,17H,8-9,12,16H2,1-7H3,(H,31,32). The predicted molar refractivity (Wildman–Crippen MR) is 141 cm³/mol. The quantitative estimate of drug-likeness (QED) is 0.344. The van der Waals surface area contributed by atoms with Crippen LogP contribution in [-0.4, -0.2) is 62.0 Å². The van der Waals surface area contributed by atoms with Gasteiger partial charge in [0, 0.05) is 29.6 Å². The molecule has 1 N–H and O–H groups in total. The largest absolute Gasteiger partial charge is 0.493 e. The molecule has 0 bridgehead atoms. The normalized spacial score (nSPS) is 12.0. The zero-order chi connectivity index (χ0) is 26.4. The van der Waals surface area contributed by atoms with Gasteiger partial charge in [-0.15, -0.1) is 0 Å². The molecule has 0 radical (unpaired) electrons. The van der Waals surface area contributed by atoms with Gasteiger partial charge in [0.1, 0.15) is 0 Å². The molecule has 0 fully saturated rings. The van der Waals surface area contributed by atoms with Gasteiger partial charge < -0.3 is 24.1 Å². The number of aromatic carboxylic acids is 1. The van der Waals surface area contributed by atoms with E-state index in [1.165, 1.54) is 0 Å². The van der Waals surface area contributed by atoms with Crippen molar-refractivity contribution >= 4 is 16.9 Å². The summed E-state index contributed by atoms with van der Waals surface area (Å²) in [5, 5.41) is 11.1. The number of rotatable bonds is 12. The van der Waals surface area contributed by atoms with Crippen LogP contribution < -0.4 is 18.9 Å². The SMILES string of the molecule is CCCN(Cc1nc2cc(OC)c(OC)cc2c(-c2ccc(OC)c(OC)c2)c1C(=O)O)C(C)CC. The van der Waals surface area contributed by atoms with E-state index in [9.17, 15) is 9.90 Å². The molecule has 194 valence electrons. The van der Waals surface area contributed by atoms with Crippen molar-refractivity contribution in [3.8, 4) is 34.1 Å². The first kappa shape index (κ1) is 27.1. The predicted octanol–water partition coefficient (Wildman–Crippen LogP) is 5.64. The molecule has 1 atom stereocenters. The highest BCUT2D eigenvalue weighted by atomic mass is 16.5. The maximum atomic E-state index is 12.8. The van der Waals surface area contributed by atoms with E-state index in [1.54, 1.807) is 52.7 Å². The first-order valence-electron chi connectivity index (χ1n) is 12.1. The Morgan fingerprint density at radius 2 is 1.56 bits per heavy atom. The van der Waals surface area contributed by atoms with Gasteiger partial charge in [-0.3, -0.25) is 9.88 Å². The highest BCUT2D eigenvalue weighted by Gasteiger charge is 2.26. The van der Waals surface area contributed by atoms with Crippen molar-refractivity contribution in [2.75, 3.05) is 35.0 Å². The highest BCUT2D eigenvalue weighted by Crippen LogP contribution is 2.41. The van der Waals surface area contributed by atoms with Crippen molar-refractivity contribution in [3.05, 3.63) is 41.6 Å². The second-order valence-electron chi connectivity index (χ2n) is 8.64. The smallest absolute Gasteiger partial charge is 0.338 e. The second kappa shape index (κ2) is 11.9. The second-order valence-corrected chi connectivity index (χ2v) is 8.64. The zero-order valence-electron chi connectivity index (χ0n) is 22.2. The molecular formula is C28H36N2O6. The summed E-state index contributed by atoms with van der Waals surface area (Å²) in [6.07, 6.45) is 1.90. The van der Waals surface area contributed by atoms with Crippen LogP contribution in [0.2, 0.25) is 0 Å². The fourth-order valence-electron chi connectivity index (χ4n) is 4.47. The zero-order valence-corrected chi connectivity index (χ0v) is 22.2. The number of carbonyl (C=O) groups is 1. The molecule has 0 saturated carbocycles. The number of carboxylic acids is 1. The summed E-state index contributed by atoms with van der Waals surface area (Å²) in [6.45, 7) is 7.65. The van der Waals surface area contributed by atoms with Crippen LogP contribution in [0.5, 0.6) is 23.0 Å². The lowest BCUT2D eigenvalue weighted by atomic mass is 9.93. The third kappa shape index (κ3) is 5.33. The molecule has 36 heavy (non-hydrogen) atoms. The number of hydrogen-bond donors (Lipinski definition) is 1. The van der Waals surface area contributed by atoms with E-state index in [-0.39, 0.29) is 11.6 Å². The minimum atomic E-state index is -1.04. The molecule has 8 nitrogen and oxygen atoms in total. The van der Waals surface area contributed by atoms with Crippen LogP contribution in [-0.2, 0) is 6.54 Å². The summed E-state index contributed by atoms with van der Waals surface area (Å²) in [5.74, 6) is 1.04. The first-order valence-corrected chi connectivity index (χ1v) is 12.1. The fraction of sp³-hybridized carbons (Fsp3) is 0.429. The lowest BCUT2D eigenvalue weighted by molar-refractivity contribution is 0.0694. The molecule has 8 heteroatoms. The van der Waals surface area contributed by atoms with Gasteiger partial charge >= 0.3 is 5.97 Å². The van der Waals surface area contributed by atoms with E-state index in [0.29, 0.717) is 57.3 Å². The Labute approximate surface area is 212 Å². The number of nitrogens with zero attached hydrogens (tertiary/aromatic N) is 2. The molecule has 0 spiro atoms. The van der Waals surface area contributed by atoms with E-state index in [4.69, 9.17) is 23.9 Å². The molecular weight excluding hydrogens is 460 g/mol. The molecule has 3 rings (SSSR count). The van der Waals surface area contributed by atoms with Crippen molar-refractivity contribution in [3.63, 3.8) is 0 Å². The number of benzene rings is 2. The molecule has 0 aliphatic carbocycles. The molecule has 2 aromatic carbocycles. The average molecular weight is 497 g/mol. The summed E-state index contributed by atoms with van der Waals surface area (Å²) in [7, 11) is 6.23. The van der Waals surface area contributed by atoms with Gasteiger partial charge in [0.15, 0.2) is 23.0 Å². The molecule has 0 aliphatic rings. The van der Waals surface area contributed by atoms with E-state index < -0.39 is 5.97 Å². The van der Waals surface area contributed by atoms with Gasteiger partial charge in [-0.25, -0.2) is 4.79 Å². The Bertz CT molecular complexity index is 1230. The molecule has 1 aromatic heterocycles. The van der Waals surface area contributed by atoms with Gasteiger partial charge in [0.25, 0.3) is 0 Å². The summed E-state index contributed by atoms with van der Waals surface area (Å²) < 4.78 is 22.0. The van der Waals surface area contributed by atoms with Crippen LogP contribution in [0.25, 0.3) is 22.0 Å². The fourth-order valence-corrected chi connectivity index (χ4v) is 4.47. The van der Waals surface area contributed by atoms with Crippen molar-refractivity contribution in [2.24, 2.45) is 0 Å². The van der Waals surface area contributed by atoms with Crippen molar-refractivity contribution < 1.29 is 28.8 Å². The van der Waals surface area contributed by atoms with Crippen LogP contribution in [0.1, 0.15) is 49.7 Å². The molecule has 1 heterocycles. The maximum Gasteiger partial charge on any atom is 0.338 e. The number of methoxy groups -OCH3 is 4. The van der Waals surface area contributed by atoms with Crippen LogP contribution in [0, 0.1) is 0 Å².